The normalized spacial score (nSPS) is 13.0. The van der Waals surface area contributed by atoms with Crippen molar-refractivity contribution >= 4 is 17.8 Å². The van der Waals surface area contributed by atoms with Crippen molar-refractivity contribution in [2.24, 2.45) is 0 Å². The number of esters is 2. The number of amides is 1. The molecule has 0 spiro atoms. The topological polar surface area (TPSA) is 72.9 Å². The van der Waals surface area contributed by atoms with Crippen LogP contribution in [0.3, 0.4) is 0 Å². The molecule has 2 aromatic carbocycles. The summed E-state index contributed by atoms with van der Waals surface area (Å²) in [5.74, 6) is -1.06. The largest absolute Gasteiger partial charge is 0.465 e. The number of methoxy groups -OCH3 is 2. The van der Waals surface area contributed by atoms with E-state index < -0.39 is 11.9 Å². The maximum Gasteiger partial charge on any atom is 0.338 e. The lowest BCUT2D eigenvalue weighted by molar-refractivity contribution is 0.0599. The van der Waals surface area contributed by atoms with E-state index in [-0.39, 0.29) is 17.0 Å². The van der Waals surface area contributed by atoms with Crippen LogP contribution in [0.25, 0.3) is 11.1 Å². The van der Waals surface area contributed by atoms with Gasteiger partial charge in [-0.25, -0.2) is 9.59 Å². The zero-order valence-corrected chi connectivity index (χ0v) is 16.2. The molecule has 0 unspecified atom stereocenters. The van der Waals surface area contributed by atoms with Crippen molar-refractivity contribution in [2.75, 3.05) is 20.8 Å². The number of hydrogen-bond acceptors (Lipinski definition) is 5. The third kappa shape index (κ3) is 3.91. The minimum atomic E-state index is -0.549. The molecule has 0 N–H and O–H groups in total. The predicted molar refractivity (Wildman–Crippen MR) is 104 cm³/mol. The molecule has 1 fully saturated rings. The van der Waals surface area contributed by atoms with Crippen LogP contribution < -0.4 is 0 Å². The van der Waals surface area contributed by atoms with Crippen LogP contribution in [-0.4, -0.2) is 49.6 Å². The van der Waals surface area contributed by atoms with Crippen LogP contribution in [0.5, 0.6) is 0 Å². The highest BCUT2D eigenvalue weighted by molar-refractivity contribution is 6.01. The molecule has 0 aromatic heterocycles. The second-order valence-corrected chi connectivity index (χ2v) is 6.64. The molecule has 0 radical (unpaired) electrons. The van der Waals surface area contributed by atoms with Crippen LogP contribution in [0.4, 0.5) is 0 Å². The molecule has 1 amide bonds. The number of hydrogen-bond donors (Lipinski definition) is 0. The summed E-state index contributed by atoms with van der Waals surface area (Å²) in [5.41, 5.74) is 2.51. The summed E-state index contributed by atoms with van der Waals surface area (Å²) in [6, 6.07) is 12.2. The van der Waals surface area contributed by atoms with E-state index in [0.29, 0.717) is 23.7 Å². The molecule has 6 nitrogen and oxygen atoms in total. The quantitative estimate of drug-likeness (QED) is 0.716. The molecule has 0 saturated heterocycles. The van der Waals surface area contributed by atoms with Crippen molar-refractivity contribution in [1.82, 2.24) is 4.90 Å². The summed E-state index contributed by atoms with van der Waals surface area (Å²) >= 11 is 0. The molecular formula is C22H23NO5. The second-order valence-electron chi connectivity index (χ2n) is 6.64. The van der Waals surface area contributed by atoms with E-state index in [1.54, 1.807) is 36.4 Å². The van der Waals surface area contributed by atoms with E-state index in [2.05, 4.69) is 0 Å². The highest BCUT2D eigenvalue weighted by Gasteiger charge is 2.31. The Kier molecular flexibility index (Phi) is 5.78. The van der Waals surface area contributed by atoms with Gasteiger partial charge in [-0.2, -0.15) is 0 Å². The van der Waals surface area contributed by atoms with Gasteiger partial charge in [-0.1, -0.05) is 18.2 Å². The third-order valence-electron chi connectivity index (χ3n) is 4.88. The van der Waals surface area contributed by atoms with E-state index in [1.807, 2.05) is 11.8 Å². The number of carbonyl (C=O) groups is 3. The summed E-state index contributed by atoms with van der Waals surface area (Å²) in [6.45, 7) is 2.67. The number of ether oxygens (including phenoxy) is 2. The molecule has 1 saturated carbocycles. The molecule has 6 heteroatoms. The van der Waals surface area contributed by atoms with Gasteiger partial charge in [-0.3, -0.25) is 4.79 Å². The molecule has 1 aliphatic rings. The molecule has 0 atom stereocenters. The van der Waals surface area contributed by atoms with Crippen LogP contribution in [0, 0.1) is 0 Å². The molecule has 0 bridgehead atoms. The first-order valence-electron chi connectivity index (χ1n) is 9.22. The Morgan fingerprint density at radius 2 is 1.54 bits per heavy atom. The first-order chi connectivity index (χ1) is 13.5. The number of rotatable bonds is 6. The Morgan fingerprint density at radius 3 is 2.07 bits per heavy atom. The van der Waals surface area contributed by atoms with Crippen LogP contribution in [0.15, 0.2) is 42.5 Å². The fourth-order valence-electron chi connectivity index (χ4n) is 3.23. The molecule has 146 valence electrons. The van der Waals surface area contributed by atoms with E-state index >= 15 is 0 Å². The Bertz CT molecular complexity index is 900. The summed E-state index contributed by atoms with van der Waals surface area (Å²) in [7, 11) is 2.57. The van der Waals surface area contributed by atoms with Gasteiger partial charge in [0.1, 0.15) is 0 Å². The summed E-state index contributed by atoms with van der Waals surface area (Å²) in [6.07, 6.45) is 2.12. The lowest BCUT2D eigenvalue weighted by Crippen LogP contribution is -2.32. The highest BCUT2D eigenvalue weighted by Crippen LogP contribution is 2.29. The van der Waals surface area contributed by atoms with Crippen molar-refractivity contribution in [3.05, 3.63) is 59.2 Å². The lowest BCUT2D eigenvalue weighted by Gasteiger charge is -2.20. The maximum absolute atomic E-state index is 12.7. The van der Waals surface area contributed by atoms with E-state index in [0.717, 1.165) is 18.4 Å². The van der Waals surface area contributed by atoms with Gasteiger partial charge in [-0.05, 0) is 55.2 Å². The lowest BCUT2D eigenvalue weighted by atomic mass is 9.96. The van der Waals surface area contributed by atoms with Gasteiger partial charge in [0.05, 0.1) is 25.3 Å². The standard InChI is InChI=1S/C22H23NO5/c1-4-23(17-10-11-17)20(24)15-7-5-14(6-8-15)18-12-9-16(21(25)27-2)13-19(18)22(26)28-3/h5-9,12-13,17H,4,10-11H2,1-3H3. The SMILES string of the molecule is CCN(C(=O)c1ccc(-c2ccc(C(=O)OC)cc2C(=O)OC)cc1)C1CC1. The predicted octanol–water partition coefficient (Wildman–Crippen LogP) is 3.55. The summed E-state index contributed by atoms with van der Waals surface area (Å²) < 4.78 is 9.57. The Hall–Kier alpha value is -3.15. The second kappa shape index (κ2) is 8.25. The van der Waals surface area contributed by atoms with E-state index in [9.17, 15) is 14.4 Å². The Balaban J connectivity index is 1.93. The maximum atomic E-state index is 12.7. The molecular weight excluding hydrogens is 358 g/mol. The molecule has 1 aliphatic carbocycles. The van der Waals surface area contributed by atoms with E-state index in [4.69, 9.17) is 9.47 Å². The van der Waals surface area contributed by atoms with Gasteiger partial charge in [0.2, 0.25) is 0 Å². The van der Waals surface area contributed by atoms with Crippen LogP contribution in [0.2, 0.25) is 0 Å². The molecule has 28 heavy (non-hydrogen) atoms. The van der Waals surface area contributed by atoms with Crippen molar-refractivity contribution in [3.63, 3.8) is 0 Å². The van der Waals surface area contributed by atoms with Crippen LogP contribution >= 0.6 is 0 Å². The minimum absolute atomic E-state index is 0.0192. The van der Waals surface area contributed by atoms with Crippen molar-refractivity contribution < 1.29 is 23.9 Å². The average molecular weight is 381 g/mol. The van der Waals surface area contributed by atoms with Crippen LogP contribution in [-0.2, 0) is 9.47 Å². The monoisotopic (exact) mass is 381 g/mol. The molecule has 0 heterocycles. The smallest absolute Gasteiger partial charge is 0.338 e. The Labute approximate surface area is 164 Å². The molecule has 2 aromatic rings. The van der Waals surface area contributed by atoms with Crippen molar-refractivity contribution in [3.8, 4) is 11.1 Å². The zero-order chi connectivity index (χ0) is 20.3. The number of benzene rings is 2. The van der Waals surface area contributed by atoms with Crippen molar-refractivity contribution in [2.45, 2.75) is 25.8 Å². The highest BCUT2D eigenvalue weighted by atomic mass is 16.5. The fraction of sp³-hybridized carbons (Fsp3) is 0.318. The first-order valence-corrected chi connectivity index (χ1v) is 9.22. The molecule has 0 aliphatic heterocycles. The fourth-order valence-corrected chi connectivity index (χ4v) is 3.23. The Morgan fingerprint density at radius 1 is 0.929 bits per heavy atom. The van der Waals surface area contributed by atoms with Gasteiger partial charge in [-0.15, -0.1) is 0 Å². The van der Waals surface area contributed by atoms with Gasteiger partial charge < -0.3 is 14.4 Å². The number of carbonyl (C=O) groups excluding carboxylic acids is 3. The van der Waals surface area contributed by atoms with Crippen LogP contribution in [0.1, 0.15) is 50.8 Å². The zero-order valence-electron chi connectivity index (χ0n) is 16.2. The average Bonchev–Trinajstić information content (AvgIpc) is 3.58. The third-order valence-corrected chi connectivity index (χ3v) is 4.88. The van der Waals surface area contributed by atoms with Gasteiger partial charge >= 0.3 is 11.9 Å². The molecule has 3 rings (SSSR count). The summed E-state index contributed by atoms with van der Waals surface area (Å²) in [4.78, 5) is 38.6. The van der Waals surface area contributed by atoms with Crippen molar-refractivity contribution in [1.29, 1.82) is 0 Å². The number of nitrogens with zero attached hydrogens (tertiary/aromatic N) is 1. The first kappa shape index (κ1) is 19.6. The minimum Gasteiger partial charge on any atom is -0.465 e. The summed E-state index contributed by atoms with van der Waals surface area (Å²) in [5, 5.41) is 0. The van der Waals surface area contributed by atoms with Gasteiger partial charge in [0.25, 0.3) is 5.91 Å². The van der Waals surface area contributed by atoms with Gasteiger partial charge in [0.15, 0.2) is 0 Å². The van der Waals surface area contributed by atoms with Gasteiger partial charge in [0, 0.05) is 18.2 Å². The van der Waals surface area contributed by atoms with E-state index in [1.165, 1.54) is 20.3 Å².